The van der Waals surface area contributed by atoms with Gasteiger partial charge in [0.25, 0.3) is 0 Å². The van der Waals surface area contributed by atoms with Crippen molar-refractivity contribution < 1.29 is 14.3 Å². The summed E-state index contributed by atoms with van der Waals surface area (Å²) >= 11 is 7.26. The third-order valence-electron chi connectivity index (χ3n) is 10.1. The summed E-state index contributed by atoms with van der Waals surface area (Å²) in [4.78, 5) is 16.5. The lowest BCUT2D eigenvalue weighted by molar-refractivity contribution is 0.0512. The van der Waals surface area contributed by atoms with Gasteiger partial charge in [-0.15, -0.1) is 0 Å². The fourth-order valence-electron chi connectivity index (χ4n) is 8.04. The van der Waals surface area contributed by atoms with E-state index in [-0.39, 0.29) is 12.0 Å². The van der Waals surface area contributed by atoms with Gasteiger partial charge in [-0.05, 0) is 88.0 Å². The number of hydrogen-bond acceptors (Lipinski definition) is 5. The van der Waals surface area contributed by atoms with Crippen LogP contribution in [-0.4, -0.2) is 51.5 Å². The van der Waals surface area contributed by atoms with Gasteiger partial charge in [0.15, 0.2) is 0 Å². The zero-order chi connectivity index (χ0) is 32.5. The zero-order valence-electron chi connectivity index (χ0n) is 27.9. The molecule has 0 N–H and O–H groups in total. The maximum atomic E-state index is 13.9. The van der Waals surface area contributed by atoms with Crippen LogP contribution in [0.4, 0.5) is 0 Å². The summed E-state index contributed by atoms with van der Waals surface area (Å²) in [6, 6.07) is 18.8. The number of rotatable bonds is 8. The molecular weight excluding hydrogens is 608 g/mol. The maximum Gasteiger partial charge on any atom is 0.355 e. The molecule has 3 aromatic carbocycles. The molecule has 4 heterocycles. The second-order valence-electron chi connectivity index (χ2n) is 12.9. The highest BCUT2D eigenvalue weighted by Gasteiger charge is 2.34. The number of carbonyl (C=O) groups is 1. The van der Waals surface area contributed by atoms with E-state index < -0.39 is 0 Å². The summed E-state index contributed by atoms with van der Waals surface area (Å²) in [5.74, 6) is 0.609. The first-order chi connectivity index (χ1) is 23.0. The van der Waals surface area contributed by atoms with Gasteiger partial charge in [0.1, 0.15) is 11.4 Å². The number of nitrogens with zero attached hydrogens (tertiary/aromatic N) is 4. The number of piperidine rings is 1. The monoisotopic (exact) mass is 652 g/mol. The molecule has 0 aliphatic carbocycles. The minimum atomic E-state index is -0.273. The lowest BCUT2D eigenvalue weighted by atomic mass is 9.91. The second-order valence-corrected chi connectivity index (χ2v) is 13.3. The molecule has 0 bridgehead atoms. The number of carbonyl (C=O) groups excluding carboxylic acids is 1. The van der Waals surface area contributed by atoms with Crippen molar-refractivity contribution in [3.8, 4) is 16.9 Å². The Morgan fingerprint density at radius 3 is 2.55 bits per heavy atom. The van der Waals surface area contributed by atoms with Gasteiger partial charge in [-0.1, -0.05) is 67.4 Å². The predicted molar refractivity (Wildman–Crippen MR) is 190 cm³/mol. The fourth-order valence-corrected chi connectivity index (χ4v) is 8.29. The Hall–Kier alpha value is -3.81. The van der Waals surface area contributed by atoms with Crippen LogP contribution in [0.5, 0.6) is 5.75 Å². The number of ether oxygens (including phenoxy) is 2. The molecule has 7 rings (SSSR count). The van der Waals surface area contributed by atoms with Crippen LogP contribution in [0.1, 0.15) is 85.9 Å². The number of hydrogen-bond donors (Lipinski definition) is 0. The highest BCUT2D eigenvalue weighted by atomic mass is 35.5. The first-order valence-corrected chi connectivity index (χ1v) is 17.8. The van der Waals surface area contributed by atoms with Crippen LogP contribution >= 0.6 is 11.6 Å². The average molecular weight is 653 g/mol. The Kier molecular flexibility index (Phi) is 9.29. The quantitative estimate of drug-likeness (QED) is 0.124. The Labute approximate surface area is 282 Å². The van der Waals surface area contributed by atoms with Gasteiger partial charge in [-0.3, -0.25) is 9.58 Å². The topological polar surface area (TPSA) is 61.5 Å². The molecule has 5 aromatic rings. The van der Waals surface area contributed by atoms with Gasteiger partial charge < -0.3 is 14.0 Å². The molecule has 246 valence electrons. The van der Waals surface area contributed by atoms with E-state index >= 15 is 0 Å². The number of benzene rings is 3. The summed E-state index contributed by atoms with van der Waals surface area (Å²) in [7, 11) is 2.06. The summed E-state index contributed by atoms with van der Waals surface area (Å²) in [6.45, 7) is 7.75. The maximum absolute atomic E-state index is 13.9. The van der Waals surface area contributed by atoms with E-state index in [1.807, 2.05) is 37.3 Å². The van der Waals surface area contributed by atoms with Crippen molar-refractivity contribution in [1.82, 2.24) is 19.2 Å². The highest BCUT2D eigenvalue weighted by Crippen LogP contribution is 2.46. The minimum absolute atomic E-state index is 0.258. The molecule has 1 saturated heterocycles. The number of aryl methyl sites for hydroxylation is 3. The van der Waals surface area contributed by atoms with Crippen LogP contribution in [0.3, 0.4) is 0 Å². The molecule has 0 amide bonds. The summed E-state index contributed by atoms with van der Waals surface area (Å²) in [6.07, 6.45) is 7.79. The van der Waals surface area contributed by atoms with Gasteiger partial charge in [0.2, 0.25) is 0 Å². The smallest absolute Gasteiger partial charge is 0.355 e. The van der Waals surface area contributed by atoms with Crippen LogP contribution < -0.4 is 4.74 Å². The summed E-state index contributed by atoms with van der Waals surface area (Å²) < 4.78 is 16.4. The second kappa shape index (κ2) is 13.7. The normalized spacial score (nSPS) is 16.9. The minimum Gasteiger partial charge on any atom is -0.493 e. The van der Waals surface area contributed by atoms with E-state index in [4.69, 9.17) is 26.2 Å². The van der Waals surface area contributed by atoms with Crippen LogP contribution in [0.2, 0.25) is 5.02 Å². The molecule has 2 aliphatic heterocycles. The first kappa shape index (κ1) is 31.8. The van der Waals surface area contributed by atoms with E-state index in [0.717, 1.165) is 102 Å². The zero-order valence-corrected chi connectivity index (χ0v) is 28.6. The Morgan fingerprint density at radius 1 is 0.936 bits per heavy atom. The molecule has 1 unspecified atom stereocenters. The average Bonchev–Trinajstić information content (AvgIpc) is 3.57. The van der Waals surface area contributed by atoms with E-state index in [2.05, 4.69) is 52.4 Å². The van der Waals surface area contributed by atoms with Crippen molar-refractivity contribution in [2.75, 3.05) is 26.3 Å². The molecule has 0 saturated carbocycles. The molecule has 8 heteroatoms. The van der Waals surface area contributed by atoms with Crippen LogP contribution in [0.25, 0.3) is 32.8 Å². The van der Waals surface area contributed by atoms with Crippen molar-refractivity contribution in [2.24, 2.45) is 7.05 Å². The Morgan fingerprint density at radius 2 is 1.72 bits per heavy atom. The van der Waals surface area contributed by atoms with Crippen molar-refractivity contribution >= 4 is 39.2 Å². The molecular formula is C39H45ClN4O3. The Bertz CT molecular complexity index is 1920. The SMILES string of the molecule is CCOC(=O)c1c(CCCOc2cccc3ccccc23)c2ccc(Cl)c3c2n1CCCCN1CCCCC1c1nn(C)c(CC)c1-3. The third-order valence-corrected chi connectivity index (χ3v) is 10.4. The molecule has 2 aliphatic rings. The number of esters is 1. The third kappa shape index (κ3) is 5.82. The predicted octanol–water partition coefficient (Wildman–Crippen LogP) is 8.92. The largest absolute Gasteiger partial charge is 0.493 e. The van der Waals surface area contributed by atoms with Crippen LogP contribution in [0.15, 0.2) is 54.6 Å². The van der Waals surface area contributed by atoms with E-state index in [9.17, 15) is 4.79 Å². The van der Waals surface area contributed by atoms with E-state index in [1.54, 1.807) is 0 Å². The molecule has 1 atom stereocenters. The molecule has 2 aromatic heterocycles. The molecule has 47 heavy (non-hydrogen) atoms. The highest BCUT2D eigenvalue weighted by molar-refractivity contribution is 6.35. The lowest BCUT2D eigenvalue weighted by Gasteiger charge is -2.35. The summed E-state index contributed by atoms with van der Waals surface area (Å²) in [5, 5.41) is 9.24. The number of fused-ring (bicyclic) bond motifs is 5. The van der Waals surface area contributed by atoms with Crippen molar-refractivity contribution in [3.63, 3.8) is 0 Å². The van der Waals surface area contributed by atoms with Gasteiger partial charge >= 0.3 is 5.97 Å². The van der Waals surface area contributed by atoms with Gasteiger partial charge in [0.05, 0.1) is 35.5 Å². The van der Waals surface area contributed by atoms with E-state index in [1.165, 1.54) is 18.5 Å². The molecule has 7 nitrogen and oxygen atoms in total. The summed E-state index contributed by atoms with van der Waals surface area (Å²) in [5.41, 5.74) is 7.13. The molecule has 0 spiro atoms. The lowest BCUT2D eigenvalue weighted by Crippen LogP contribution is -2.34. The van der Waals surface area contributed by atoms with Crippen LogP contribution in [0, 0.1) is 0 Å². The first-order valence-electron chi connectivity index (χ1n) is 17.4. The van der Waals surface area contributed by atoms with Crippen molar-refractivity contribution in [1.29, 1.82) is 0 Å². The van der Waals surface area contributed by atoms with Gasteiger partial charge in [-0.25, -0.2) is 4.79 Å². The number of halogens is 1. The standard InChI is InChI=1S/C39H45ClN4O3/c1-4-31-35-34-30(40)21-20-29-28(17-13-25-47-33-19-12-15-26-14-6-7-16-27(26)33)38(39(45)46-5-2)44(37(29)34)24-11-10-23-43-22-9-8-18-32(43)36(35)41-42(31)3/h6-7,12,14-16,19-21,32H,4-5,8-11,13,17-18,22-25H2,1-3H3. The van der Waals surface area contributed by atoms with Gasteiger partial charge in [0, 0.05) is 41.2 Å². The van der Waals surface area contributed by atoms with Crippen molar-refractivity contribution in [3.05, 3.63) is 82.3 Å². The fraction of sp³-hybridized carbons (Fsp3) is 0.436. The molecule has 0 radical (unpaired) electrons. The Balaban J connectivity index is 1.36. The molecule has 1 fully saturated rings. The van der Waals surface area contributed by atoms with Crippen LogP contribution in [-0.2, 0) is 31.2 Å². The van der Waals surface area contributed by atoms with E-state index in [0.29, 0.717) is 30.4 Å². The van der Waals surface area contributed by atoms with Crippen molar-refractivity contribution in [2.45, 2.75) is 77.8 Å². The van der Waals surface area contributed by atoms with Gasteiger partial charge in [-0.2, -0.15) is 5.10 Å². The number of aromatic nitrogens is 3.